The molecule has 0 saturated carbocycles. The van der Waals surface area contributed by atoms with E-state index in [0.717, 1.165) is 18.4 Å². The molecule has 0 aromatic carbocycles. The van der Waals surface area contributed by atoms with Crippen LogP contribution in [-0.2, 0) is 12.8 Å². The third-order valence-corrected chi connectivity index (χ3v) is 2.88. The lowest BCUT2D eigenvalue weighted by molar-refractivity contribution is 0.543. The van der Waals surface area contributed by atoms with Crippen molar-refractivity contribution >= 4 is 11.1 Å². The standard InChI is InChI=1S/C13H16N2O3/c1-3-5-6-8-7-10(16)18-13-11(8)12(17)14-9(4-2)15-13/h7H,3-6H2,1-2H3,(H,14,15,17). The monoisotopic (exact) mass is 248 g/mol. The minimum atomic E-state index is -0.450. The number of unbranched alkanes of at least 4 members (excludes halogenated alkanes) is 1. The first-order chi connectivity index (χ1) is 8.65. The van der Waals surface area contributed by atoms with E-state index in [2.05, 4.69) is 16.9 Å². The van der Waals surface area contributed by atoms with Gasteiger partial charge in [-0.1, -0.05) is 20.3 Å². The van der Waals surface area contributed by atoms with Crippen LogP contribution in [0.25, 0.3) is 11.1 Å². The van der Waals surface area contributed by atoms with E-state index in [9.17, 15) is 9.59 Å². The van der Waals surface area contributed by atoms with Crippen LogP contribution in [0.5, 0.6) is 0 Å². The first kappa shape index (κ1) is 12.5. The zero-order chi connectivity index (χ0) is 13.1. The molecule has 5 nitrogen and oxygen atoms in total. The van der Waals surface area contributed by atoms with Gasteiger partial charge in [0.1, 0.15) is 11.2 Å². The molecule has 2 heterocycles. The highest BCUT2D eigenvalue weighted by Crippen LogP contribution is 2.13. The van der Waals surface area contributed by atoms with Crippen LogP contribution in [0.15, 0.2) is 20.1 Å². The van der Waals surface area contributed by atoms with Gasteiger partial charge in [0.15, 0.2) is 0 Å². The van der Waals surface area contributed by atoms with Crippen molar-refractivity contribution in [2.45, 2.75) is 39.5 Å². The third-order valence-electron chi connectivity index (χ3n) is 2.88. The molecule has 18 heavy (non-hydrogen) atoms. The van der Waals surface area contributed by atoms with E-state index in [-0.39, 0.29) is 11.3 Å². The number of fused-ring (bicyclic) bond motifs is 1. The maximum absolute atomic E-state index is 12.0. The molecule has 0 fully saturated rings. The van der Waals surface area contributed by atoms with Crippen LogP contribution >= 0.6 is 0 Å². The van der Waals surface area contributed by atoms with E-state index < -0.39 is 5.63 Å². The molecule has 0 aliphatic rings. The van der Waals surface area contributed by atoms with Crippen molar-refractivity contribution in [3.63, 3.8) is 0 Å². The van der Waals surface area contributed by atoms with Crippen LogP contribution in [0.3, 0.4) is 0 Å². The van der Waals surface area contributed by atoms with Crippen molar-refractivity contribution < 1.29 is 4.42 Å². The van der Waals surface area contributed by atoms with Crippen LogP contribution in [-0.4, -0.2) is 9.97 Å². The molecule has 0 unspecified atom stereocenters. The molecule has 2 aromatic rings. The van der Waals surface area contributed by atoms with Crippen molar-refractivity contribution in [1.29, 1.82) is 0 Å². The Hall–Kier alpha value is -1.91. The average molecular weight is 248 g/mol. The van der Waals surface area contributed by atoms with E-state index in [1.54, 1.807) is 0 Å². The summed E-state index contributed by atoms with van der Waals surface area (Å²) in [5.74, 6) is 0.531. The number of aryl methyl sites for hydroxylation is 2. The number of H-pyrrole nitrogens is 1. The van der Waals surface area contributed by atoms with E-state index in [4.69, 9.17) is 4.42 Å². The van der Waals surface area contributed by atoms with Crippen LogP contribution in [0.1, 0.15) is 38.1 Å². The van der Waals surface area contributed by atoms with Crippen LogP contribution in [0.2, 0.25) is 0 Å². The second-order valence-corrected chi connectivity index (χ2v) is 4.24. The molecule has 0 atom stereocenters. The summed E-state index contributed by atoms with van der Waals surface area (Å²) in [6.45, 7) is 3.94. The molecule has 0 radical (unpaired) electrons. The fraction of sp³-hybridized carbons (Fsp3) is 0.462. The van der Waals surface area contributed by atoms with Crippen molar-refractivity contribution in [2.24, 2.45) is 0 Å². The Balaban J connectivity index is 2.71. The first-order valence-electron chi connectivity index (χ1n) is 6.21. The van der Waals surface area contributed by atoms with E-state index in [1.165, 1.54) is 6.07 Å². The second kappa shape index (κ2) is 5.16. The summed E-state index contributed by atoms with van der Waals surface area (Å²) in [5.41, 5.74) is 0.189. The Bertz CT molecular complexity index is 670. The number of hydrogen-bond donors (Lipinski definition) is 1. The molecule has 1 N–H and O–H groups in total. The molecule has 96 valence electrons. The number of aromatic amines is 1. The van der Waals surface area contributed by atoms with Gasteiger partial charge in [0.25, 0.3) is 5.56 Å². The normalized spacial score (nSPS) is 11.0. The van der Waals surface area contributed by atoms with Gasteiger partial charge in [0.2, 0.25) is 5.71 Å². The zero-order valence-electron chi connectivity index (χ0n) is 10.6. The number of nitrogens with zero attached hydrogens (tertiary/aromatic N) is 1. The topological polar surface area (TPSA) is 76.0 Å². The highest BCUT2D eigenvalue weighted by atomic mass is 16.4. The average Bonchev–Trinajstić information content (AvgIpc) is 2.34. The van der Waals surface area contributed by atoms with Crippen molar-refractivity contribution in [1.82, 2.24) is 9.97 Å². The number of nitrogens with one attached hydrogen (secondary N) is 1. The predicted octanol–water partition coefficient (Wildman–Crippen LogP) is 1.78. The van der Waals surface area contributed by atoms with Crippen molar-refractivity contribution in [2.75, 3.05) is 0 Å². The lowest BCUT2D eigenvalue weighted by Gasteiger charge is -2.04. The minimum absolute atomic E-state index is 0.147. The van der Waals surface area contributed by atoms with Gasteiger partial charge in [0, 0.05) is 12.5 Å². The molecule has 0 bridgehead atoms. The largest absolute Gasteiger partial charge is 0.403 e. The molecule has 0 spiro atoms. The van der Waals surface area contributed by atoms with Gasteiger partial charge in [-0.2, -0.15) is 4.98 Å². The van der Waals surface area contributed by atoms with Gasteiger partial charge < -0.3 is 9.40 Å². The molecule has 5 heteroatoms. The Labute approximate surface area is 104 Å². The predicted molar refractivity (Wildman–Crippen MR) is 68.9 cm³/mol. The first-order valence-corrected chi connectivity index (χ1v) is 6.21. The number of aromatic nitrogens is 2. The molecule has 2 aromatic heterocycles. The SMILES string of the molecule is CCCCc1cc(=O)oc2nc(CC)[nH]c(=O)c12. The maximum atomic E-state index is 12.0. The summed E-state index contributed by atoms with van der Waals surface area (Å²) in [6.07, 6.45) is 3.20. The summed E-state index contributed by atoms with van der Waals surface area (Å²) < 4.78 is 5.02. The van der Waals surface area contributed by atoms with Crippen LogP contribution < -0.4 is 11.2 Å². The van der Waals surface area contributed by atoms with Crippen LogP contribution in [0.4, 0.5) is 0 Å². The second-order valence-electron chi connectivity index (χ2n) is 4.24. The summed E-state index contributed by atoms with van der Waals surface area (Å²) in [6, 6.07) is 1.39. The summed E-state index contributed by atoms with van der Waals surface area (Å²) in [4.78, 5) is 30.3. The Kier molecular flexibility index (Phi) is 3.60. The molecule has 0 aliphatic heterocycles. The number of rotatable bonds is 4. The quantitative estimate of drug-likeness (QED) is 0.894. The smallest absolute Gasteiger partial charge is 0.337 e. The summed E-state index contributed by atoms with van der Waals surface area (Å²) in [5, 5.41) is 0.403. The Morgan fingerprint density at radius 2 is 2.11 bits per heavy atom. The molecule has 2 rings (SSSR count). The lowest BCUT2D eigenvalue weighted by Crippen LogP contribution is -2.15. The van der Waals surface area contributed by atoms with Crippen molar-refractivity contribution in [3.8, 4) is 0 Å². The fourth-order valence-electron chi connectivity index (χ4n) is 1.93. The van der Waals surface area contributed by atoms with Crippen molar-refractivity contribution in [3.05, 3.63) is 38.2 Å². The van der Waals surface area contributed by atoms with Gasteiger partial charge in [-0.25, -0.2) is 4.79 Å². The highest BCUT2D eigenvalue weighted by molar-refractivity contribution is 5.75. The molecule has 0 amide bonds. The summed E-state index contributed by atoms with van der Waals surface area (Å²) >= 11 is 0. The van der Waals surface area contributed by atoms with Gasteiger partial charge in [0.05, 0.1) is 0 Å². The molecular formula is C13H16N2O3. The maximum Gasteiger partial charge on any atom is 0.337 e. The minimum Gasteiger partial charge on any atom is -0.403 e. The van der Waals surface area contributed by atoms with Gasteiger partial charge >= 0.3 is 5.63 Å². The Morgan fingerprint density at radius 3 is 2.78 bits per heavy atom. The fourth-order valence-corrected chi connectivity index (χ4v) is 1.93. The Morgan fingerprint density at radius 1 is 1.33 bits per heavy atom. The van der Waals surface area contributed by atoms with Crippen LogP contribution in [0, 0.1) is 0 Å². The van der Waals surface area contributed by atoms with Gasteiger partial charge in [-0.15, -0.1) is 0 Å². The third kappa shape index (κ3) is 2.34. The lowest BCUT2D eigenvalue weighted by atomic mass is 10.1. The molecular weight excluding hydrogens is 232 g/mol. The van der Waals surface area contributed by atoms with Gasteiger partial charge in [-0.3, -0.25) is 4.79 Å². The molecule has 0 saturated heterocycles. The van der Waals surface area contributed by atoms with E-state index >= 15 is 0 Å². The zero-order valence-corrected chi connectivity index (χ0v) is 10.6. The summed E-state index contributed by atoms with van der Waals surface area (Å²) in [7, 11) is 0. The molecule has 0 aliphatic carbocycles. The highest BCUT2D eigenvalue weighted by Gasteiger charge is 2.11. The van der Waals surface area contributed by atoms with E-state index in [0.29, 0.717) is 24.1 Å². The van der Waals surface area contributed by atoms with E-state index in [1.807, 2.05) is 6.92 Å². The van der Waals surface area contributed by atoms with Gasteiger partial charge in [-0.05, 0) is 18.4 Å². The number of hydrogen-bond acceptors (Lipinski definition) is 4.